The number of halogens is 1. The number of methoxy groups -OCH3 is 1. The Hall–Kier alpha value is -2.57. The van der Waals surface area contributed by atoms with Gasteiger partial charge in [0.25, 0.3) is 5.56 Å². The van der Waals surface area contributed by atoms with Crippen LogP contribution in [0.3, 0.4) is 0 Å². The Bertz CT molecular complexity index is 1290. The third-order valence-electron chi connectivity index (χ3n) is 7.10. The standard InChI is InChI=1S/C23H22FN3O2/c1-10-11-3-5-16(25)20-14-9-27-18(22(14)26-17(21(11)20)8-15(10)24)7-13-12(23(27)28)4-6-19(13)29-2/h7-8,16,19H,3-6,9,25H2,1-2H3/t16-,19-/m0/s1. The maximum Gasteiger partial charge on any atom is 0.254 e. The second-order valence-corrected chi connectivity index (χ2v) is 8.47. The van der Waals surface area contributed by atoms with Gasteiger partial charge in [-0.25, -0.2) is 9.37 Å². The van der Waals surface area contributed by atoms with E-state index in [4.69, 9.17) is 15.5 Å². The summed E-state index contributed by atoms with van der Waals surface area (Å²) < 4.78 is 22.0. The molecule has 3 aliphatic rings. The molecule has 6 heteroatoms. The normalized spacial score (nSPS) is 21.4. The molecule has 0 bridgehead atoms. The first-order valence-electron chi connectivity index (χ1n) is 10.2. The molecule has 0 radical (unpaired) electrons. The smallest absolute Gasteiger partial charge is 0.254 e. The quantitative estimate of drug-likeness (QED) is 0.540. The number of hydrogen-bond acceptors (Lipinski definition) is 4. The molecule has 5 nitrogen and oxygen atoms in total. The van der Waals surface area contributed by atoms with Crippen LogP contribution in [0.5, 0.6) is 0 Å². The summed E-state index contributed by atoms with van der Waals surface area (Å²) >= 11 is 0. The molecular formula is C23H22FN3O2. The topological polar surface area (TPSA) is 70.1 Å². The Labute approximate surface area is 167 Å². The van der Waals surface area contributed by atoms with E-state index >= 15 is 0 Å². The summed E-state index contributed by atoms with van der Waals surface area (Å²) in [6.45, 7) is 2.31. The van der Waals surface area contributed by atoms with Gasteiger partial charge in [0, 0.05) is 35.7 Å². The summed E-state index contributed by atoms with van der Waals surface area (Å²) in [6.07, 6.45) is 3.04. The number of rotatable bonds is 1. The van der Waals surface area contributed by atoms with Gasteiger partial charge in [-0.1, -0.05) is 0 Å². The van der Waals surface area contributed by atoms with Crippen LogP contribution in [0, 0.1) is 12.7 Å². The van der Waals surface area contributed by atoms with Gasteiger partial charge in [-0.05, 0) is 60.9 Å². The highest BCUT2D eigenvalue weighted by Gasteiger charge is 2.35. The van der Waals surface area contributed by atoms with Gasteiger partial charge in [0.1, 0.15) is 5.82 Å². The lowest BCUT2D eigenvalue weighted by Crippen LogP contribution is -2.24. The zero-order valence-electron chi connectivity index (χ0n) is 16.5. The molecular weight excluding hydrogens is 369 g/mol. The van der Waals surface area contributed by atoms with Gasteiger partial charge in [-0.2, -0.15) is 0 Å². The van der Waals surface area contributed by atoms with E-state index in [0.717, 1.165) is 70.3 Å². The molecule has 2 N–H and O–H groups in total. The van der Waals surface area contributed by atoms with Crippen molar-refractivity contribution >= 4 is 10.9 Å². The molecule has 0 saturated heterocycles. The highest BCUT2D eigenvalue weighted by Crippen LogP contribution is 2.45. The number of ether oxygens (including phenoxy) is 1. The molecule has 0 fully saturated rings. The lowest BCUT2D eigenvalue weighted by molar-refractivity contribution is 0.105. The fourth-order valence-electron chi connectivity index (χ4n) is 5.61. The molecule has 148 valence electrons. The first kappa shape index (κ1) is 17.3. The van der Waals surface area contributed by atoms with Gasteiger partial charge in [0.05, 0.1) is 29.6 Å². The lowest BCUT2D eigenvalue weighted by Gasteiger charge is -2.26. The van der Waals surface area contributed by atoms with Crippen molar-refractivity contribution in [2.75, 3.05) is 7.11 Å². The number of hydrogen-bond donors (Lipinski definition) is 1. The van der Waals surface area contributed by atoms with Crippen molar-refractivity contribution in [3.05, 3.63) is 61.7 Å². The van der Waals surface area contributed by atoms with E-state index in [9.17, 15) is 9.18 Å². The molecule has 0 spiro atoms. The Morgan fingerprint density at radius 1 is 1.21 bits per heavy atom. The first-order chi connectivity index (χ1) is 14.0. The van der Waals surface area contributed by atoms with Crippen LogP contribution in [-0.2, 0) is 24.1 Å². The van der Waals surface area contributed by atoms with Crippen molar-refractivity contribution in [1.82, 2.24) is 9.55 Å². The molecule has 0 amide bonds. The summed E-state index contributed by atoms with van der Waals surface area (Å²) in [5, 5.41) is 0.990. The average molecular weight is 391 g/mol. The molecule has 0 unspecified atom stereocenters. The van der Waals surface area contributed by atoms with Crippen molar-refractivity contribution in [2.45, 2.75) is 51.3 Å². The highest BCUT2D eigenvalue weighted by atomic mass is 19.1. The lowest BCUT2D eigenvalue weighted by atomic mass is 9.82. The van der Waals surface area contributed by atoms with Gasteiger partial charge >= 0.3 is 0 Å². The zero-order chi connectivity index (χ0) is 20.0. The molecule has 6 rings (SSSR count). The Morgan fingerprint density at radius 2 is 2.00 bits per heavy atom. The third kappa shape index (κ3) is 2.11. The van der Waals surface area contributed by atoms with Crippen LogP contribution >= 0.6 is 0 Å². The number of aromatic nitrogens is 2. The number of nitrogens with two attached hydrogens (primary N) is 1. The van der Waals surface area contributed by atoms with E-state index in [1.165, 1.54) is 6.07 Å². The van der Waals surface area contributed by atoms with Crippen molar-refractivity contribution in [3.63, 3.8) is 0 Å². The molecule has 1 aliphatic heterocycles. The summed E-state index contributed by atoms with van der Waals surface area (Å²) in [5.74, 6) is -0.231. The van der Waals surface area contributed by atoms with Crippen LogP contribution in [-0.4, -0.2) is 16.7 Å². The van der Waals surface area contributed by atoms with Crippen molar-refractivity contribution in [2.24, 2.45) is 5.73 Å². The maximum absolute atomic E-state index is 14.6. The molecule has 3 aromatic rings. The zero-order valence-corrected chi connectivity index (χ0v) is 16.5. The monoisotopic (exact) mass is 391 g/mol. The molecule has 1 aromatic carbocycles. The van der Waals surface area contributed by atoms with E-state index in [2.05, 4.69) is 6.07 Å². The van der Waals surface area contributed by atoms with Crippen LogP contribution < -0.4 is 11.3 Å². The maximum atomic E-state index is 14.6. The van der Waals surface area contributed by atoms with Crippen molar-refractivity contribution < 1.29 is 9.13 Å². The number of fused-ring (bicyclic) bond motifs is 5. The van der Waals surface area contributed by atoms with E-state index in [0.29, 0.717) is 17.6 Å². The van der Waals surface area contributed by atoms with Crippen LogP contribution in [0.2, 0.25) is 0 Å². The van der Waals surface area contributed by atoms with Crippen LogP contribution in [0.4, 0.5) is 4.39 Å². The largest absolute Gasteiger partial charge is 0.377 e. The second-order valence-electron chi connectivity index (χ2n) is 8.47. The van der Waals surface area contributed by atoms with Crippen molar-refractivity contribution in [1.29, 1.82) is 0 Å². The highest BCUT2D eigenvalue weighted by molar-refractivity contribution is 5.92. The predicted molar refractivity (Wildman–Crippen MR) is 109 cm³/mol. The van der Waals surface area contributed by atoms with Gasteiger partial charge in [-0.15, -0.1) is 0 Å². The average Bonchev–Trinajstić information content (AvgIpc) is 3.29. The molecule has 0 saturated carbocycles. The van der Waals surface area contributed by atoms with Gasteiger partial charge in [-0.3, -0.25) is 4.79 Å². The number of nitrogens with zero attached hydrogens (tertiary/aromatic N) is 2. The Morgan fingerprint density at radius 3 is 2.79 bits per heavy atom. The third-order valence-corrected chi connectivity index (χ3v) is 7.10. The van der Waals surface area contributed by atoms with E-state index in [1.807, 2.05) is 11.5 Å². The fraction of sp³-hybridized carbons (Fsp3) is 0.391. The summed E-state index contributed by atoms with van der Waals surface area (Å²) in [6, 6.07) is 3.44. The predicted octanol–water partition coefficient (Wildman–Crippen LogP) is 3.45. The molecule has 2 aliphatic carbocycles. The van der Waals surface area contributed by atoms with E-state index < -0.39 is 0 Å². The number of aryl methyl sites for hydroxylation is 1. The van der Waals surface area contributed by atoms with Gasteiger partial charge in [0.2, 0.25) is 0 Å². The minimum atomic E-state index is -0.231. The SMILES string of the molecule is CO[C@H]1CCc2c1cc1n(c2=O)Cc2c-1nc1cc(F)c(C)c3c1c2[C@@H](N)CC3. The molecule has 2 atom stereocenters. The minimum Gasteiger partial charge on any atom is -0.377 e. The second kappa shape index (κ2) is 5.74. The Balaban J connectivity index is 1.70. The number of pyridine rings is 2. The summed E-state index contributed by atoms with van der Waals surface area (Å²) in [5.41, 5.74) is 14.4. The van der Waals surface area contributed by atoms with E-state index in [1.54, 1.807) is 7.11 Å². The van der Waals surface area contributed by atoms with Crippen LogP contribution in [0.15, 0.2) is 16.9 Å². The summed E-state index contributed by atoms with van der Waals surface area (Å²) in [7, 11) is 1.68. The van der Waals surface area contributed by atoms with Gasteiger partial charge < -0.3 is 15.0 Å². The van der Waals surface area contributed by atoms with Crippen LogP contribution in [0.1, 0.15) is 58.4 Å². The van der Waals surface area contributed by atoms with Gasteiger partial charge in [0.15, 0.2) is 0 Å². The van der Waals surface area contributed by atoms with Crippen LogP contribution in [0.25, 0.3) is 22.3 Å². The van der Waals surface area contributed by atoms with Crippen molar-refractivity contribution in [3.8, 4) is 11.4 Å². The first-order valence-corrected chi connectivity index (χ1v) is 10.2. The Kier molecular flexibility index (Phi) is 3.42. The summed E-state index contributed by atoms with van der Waals surface area (Å²) in [4.78, 5) is 18.1. The fourth-order valence-corrected chi connectivity index (χ4v) is 5.61. The molecule has 3 heterocycles. The molecule has 2 aromatic heterocycles. The number of benzene rings is 1. The molecule has 29 heavy (non-hydrogen) atoms. The van der Waals surface area contributed by atoms with E-state index in [-0.39, 0.29) is 23.5 Å². The minimum absolute atomic E-state index is 0.0401.